The van der Waals surface area contributed by atoms with Crippen LogP contribution < -0.4 is 0 Å². The summed E-state index contributed by atoms with van der Waals surface area (Å²) in [4.78, 5) is 27.0. The van der Waals surface area contributed by atoms with E-state index in [-0.39, 0.29) is 18.5 Å². The number of carboxylic acids is 1. The Balaban J connectivity index is 1.96. The van der Waals surface area contributed by atoms with E-state index in [1.807, 2.05) is 11.8 Å². The fraction of sp³-hybridized carbons (Fsp3) is 0.857. The molecule has 1 aliphatic carbocycles. The molecule has 1 atom stereocenters. The van der Waals surface area contributed by atoms with Gasteiger partial charge in [0, 0.05) is 19.6 Å². The minimum absolute atomic E-state index is 0.0334. The SMILES string of the molecule is CCN(CC1CCC1)C(=O)N1CCOCC1CC(=O)O. The third-order valence-corrected chi connectivity index (χ3v) is 4.24. The Morgan fingerprint density at radius 1 is 1.40 bits per heavy atom. The lowest BCUT2D eigenvalue weighted by Crippen LogP contribution is -2.55. The van der Waals surface area contributed by atoms with Crippen molar-refractivity contribution in [1.29, 1.82) is 0 Å². The lowest BCUT2D eigenvalue weighted by molar-refractivity contribution is -0.139. The van der Waals surface area contributed by atoms with Crippen LogP contribution in [0.5, 0.6) is 0 Å². The molecule has 1 saturated heterocycles. The molecule has 2 rings (SSSR count). The van der Waals surface area contributed by atoms with Gasteiger partial charge in [-0.15, -0.1) is 0 Å². The van der Waals surface area contributed by atoms with E-state index in [1.54, 1.807) is 4.90 Å². The molecule has 1 saturated carbocycles. The lowest BCUT2D eigenvalue weighted by Gasteiger charge is -2.40. The minimum Gasteiger partial charge on any atom is -0.481 e. The van der Waals surface area contributed by atoms with E-state index >= 15 is 0 Å². The number of carbonyl (C=O) groups is 2. The summed E-state index contributed by atoms with van der Waals surface area (Å²) in [6, 6.07) is -0.377. The van der Waals surface area contributed by atoms with Crippen LogP contribution in [0.4, 0.5) is 4.79 Å². The normalized spacial score (nSPS) is 23.2. The summed E-state index contributed by atoms with van der Waals surface area (Å²) in [5.41, 5.74) is 0. The number of hydrogen-bond donors (Lipinski definition) is 1. The average molecular weight is 284 g/mol. The van der Waals surface area contributed by atoms with E-state index < -0.39 is 5.97 Å². The van der Waals surface area contributed by atoms with Gasteiger partial charge in [-0.2, -0.15) is 0 Å². The largest absolute Gasteiger partial charge is 0.481 e. The highest BCUT2D eigenvalue weighted by Crippen LogP contribution is 2.27. The smallest absolute Gasteiger partial charge is 0.320 e. The summed E-state index contributed by atoms with van der Waals surface area (Å²) in [6.07, 6.45) is 3.61. The van der Waals surface area contributed by atoms with Gasteiger partial charge in [0.1, 0.15) is 0 Å². The van der Waals surface area contributed by atoms with Crippen LogP contribution in [0.25, 0.3) is 0 Å². The van der Waals surface area contributed by atoms with Gasteiger partial charge >= 0.3 is 12.0 Å². The molecular weight excluding hydrogens is 260 g/mol. The number of hydrogen-bond acceptors (Lipinski definition) is 3. The minimum atomic E-state index is -0.889. The summed E-state index contributed by atoms with van der Waals surface area (Å²) < 4.78 is 5.31. The van der Waals surface area contributed by atoms with Crippen molar-refractivity contribution in [3.63, 3.8) is 0 Å². The van der Waals surface area contributed by atoms with E-state index in [0.717, 1.165) is 6.54 Å². The van der Waals surface area contributed by atoms with Crippen molar-refractivity contribution in [1.82, 2.24) is 9.80 Å². The van der Waals surface area contributed by atoms with Crippen molar-refractivity contribution in [2.24, 2.45) is 5.92 Å². The third-order valence-electron chi connectivity index (χ3n) is 4.24. The Labute approximate surface area is 119 Å². The van der Waals surface area contributed by atoms with Crippen LogP contribution in [0.2, 0.25) is 0 Å². The first-order valence-electron chi connectivity index (χ1n) is 7.47. The monoisotopic (exact) mass is 284 g/mol. The highest BCUT2D eigenvalue weighted by molar-refractivity contribution is 5.76. The highest BCUT2D eigenvalue weighted by Gasteiger charge is 2.32. The molecule has 6 heteroatoms. The van der Waals surface area contributed by atoms with Crippen LogP contribution in [0, 0.1) is 5.92 Å². The molecule has 1 heterocycles. The van der Waals surface area contributed by atoms with Crippen molar-refractivity contribution >= 4 is 12.0 Å². The maximum absolute atomic E-state index is 12.6. The van der Waals surface area contributed by atoms with E-state index in [0.29, 0.717) is 32.2 Å². The first-order valence-corrected chi connectivity index (χ1v) is 7.47. The quantitative estimate of drug-likeness (QED) is 0.828. The molecule has 20 heavy (non-hydrogen) atoms. The van der Waals surface area contributed by atoms with Gasteiger partial charge in [-0.25, -0.2) is 4.79 Å². The van der Waals surface area contributed by atoms with E-state index in [1.165, 1.54) is 19.3 Å². The number of aliphatic carboxylic acids is 1. The maximum Gasteiger partial charge on any atom is 0.320 e. The van der Waals surface area contributed by atoms with Gasteiger partial charge in [0.15, 0.2) is 0 Å². The van der Waals surface area contributed by atoms with Crippen molar-refractivity contribution < 1.29 is 19.4 Å². The van der Waals surface area contributed by atoms with Crippen LogP contribution in [-0.4, -0.2) is 65.8 Å². The molecule has 1 N–H and O–H groups in total. The Hall–Kier alpha value is -1.30. The zero-order valence-corrected chi connectivity index (χ0v) is 12.1. The molecule has 1 aliphatic heterocycles. The molecule has 114 valence electrons. The Kier molecular flexibility index (Phi) is 5.23. The number of urea groups is 1. The number of rotatable bonds is 5. The zero-order valence-electron chi connectivity index (χ0n) is 12.1. The second-order valence-corrected chi connectivity index (χ2v) is 5.64. The van der Waals surface area contributed by atoms with Crippen molar-refractivity contribution in [3.8, 4) is 0 Å². The fourth-order valence-corrected chi connectivity index (χ4v) is 2.79. The summed E-state index contributed by atoms with van der Waals surface area (Å²) in [7, 11) is 0. The van der Waals surface area contributed by atoms with Gasteiger partial charge in [0.25, 0.3) is 0 Å². The Bertz CT molecular complexity index is 357. The van der Waals surface area contributed by atoms with Crippen molar-refractivity contribution in [2.45, 2.75) is 38.6 Å². The van der Waals surface area contributed by atoms with E-state index in [9.17, 15) is 9.59 Å². The molecular formula is C14H24N2O4. The molecule has 6 nitrogen and oxygen atoms in total. The molecule has 2 aliphatic rings. The fourth-order valence-electron chi connectivity index (χ4n) is 2.79. The summed E-state index contributed by atoms with van der Waals surface area (Å²) in [6.45, 7) is 4.74. The van der Waals surface area contributed by atoms with Gasteiger partial charge in [0.05, 0.1) is 25.7 Å². The first kappa shape index (κ1) is 15.1. The highest BCUT2D eigenvalue weighted by atomic mass is 16.5. The second-order valence-electron chi connectivity index (χ2n) is 5.64. The molecule has 0 aromatic heterocycles. The van der Waals surface area contributed by atoms with Gasteiger partial charge in [-0.1, -0.05) is 6.42 Å². The summed E-state index contributed by atoms with van der Waals surface area (Å²) in [5.74, 6) is -0.266. The number of nitrogens with zero attached hydrogens (tertiary/aromatic N) is 2. The van der Waals surface area contributed by atoms with Gasteiger partial charge in [0.2, 0.25) is 0 Å². The topological polar surface area (TPSA) is 70.1 Å². The predicted molar refractivity (Wildman–Crippen MR) is 73.5 cm³/mol. The van der Waals surface area contributed by atoms with Crippen LogP contribution >= 0.6 is 0 Å². The molecule has 2 amide bonds. The first-order chi connectivity index (χ1) is 9.61. The Morgan fingerprint density at radius 3 is 2.70 bits per heavy atom. The number of ether oxygens (including phenoxy) is 1. The number of carbonyl (C=O) groups excluding carboxylic acids is 1. The van der Waals surface area contributed by atoms with Gasteiger partial charge < -0.3 is 19.6 Å². The lowest BCUT2D eigenvalue weighted by atomic mass is 9.85. The summed E-state index contributed by atoms with van der Waals surface area (Å²) in [5, 5.41) is 8.95. The van der Waals surface area contributed by atoms with Crippen LogP contribution in [0.15, 0.2) is 0 Å². The van der Waals surface area contributed by atoms with Crippen molar-refractivity contribution in [2.75, 3.05) is 32.8 Å². The van der Waals surface area contributed by atoms with Crippen LogP contribution in [0.1, 0.15) is 32.6 Å². The third kappa shape index (κ3) is 3.62. The standard InChI is InChI=1S/C14H24N2O4/c1-2-15(9-11-4-3-5-11)14(19)16-6-7-20-10-12(16)8-13(17)18/h11-12H,2-10H2,1H3,(H,17,18). The molecule has 0 spiro atoms. The number of morpholine rings is 1. The van der Waals surface area contributed by atoms with Crippen molar-refractivity contribution in [3.05, 3.63) is 0 Å². The van der Waals surface area contributed by atoms with Crippen LogP contribution in [-0.2, 0) is 9.53 Å². The molecule has 0 bridgehead atoms. The molecule has 0 aromatic rings. The molecule has 0 radical (unpaired) electrons. The Morgan fingerprint density at radius 2 is 2.15 bits per heavy atom. The van der Waals surface area contributed by atoms with Gasteiger partial charge in [-0.05, 0) is 25.7 Å². The zero-order chi connectivity index (χ0) is 14.5. The maximum atomic E-state index is 12.6. The number of amides is 2. The second kappa shape index (κ2) is 6.92. The van der Waals surface area contributed by atoms with Crippen LogP contribution in [0.3, 0.4) is 0 Å². The predicted octanol–water partition coefficient (Wildman–Crippen LogP) is 1.40. The van der Waals surface area contributed by atoms with E-state index in [2.05, 4.69) is 0 Å². The number of carboxylic acid groups (broad SMARTS) is 1. The van der Waals surface area contributed by atoms with Gasteiger partial charge in [-0.3, -0.25) is 4.79 Å². The molecule has 2 fully saturated rings. The van der Waals surface area contributed by atoms with E-state index in [4.69, 9.17) is 9.84 Å². The molecule has 0 aromatic carbocycles. The average Bonchev–Trinajstić information content (AvgIpc) is 2.37. The summed E-state index contributed by atoms with van der Waals surface area (Å²) >= 11 is 0. The molecule has 1 unspecified atom stereocenters.